The summed E-state index contributed by atoms with van der Waals surface area (Å²) in [5.74, 6) is 1.32. The Balaban J connectivity index is 2.20. The zero-order chi connectivity index (χ0) is 12.5. The van der Waals surface area contributed by atoms with Gasteiger partial charge in [-0.2, -0.15) is 0 Å². The van der Waals surface area contributed by atoms with Crippen LogP contribution in [-0.4, -0.2) is 17.9 Å². The van der Waals surface area contributed by atoms with Crippen molar-refractivity contribution in [3.8, 4) is 11.5 Å². The van der Waals surface area contributed by atoms with E-state index in [0.717, 1.165) is 18.5 Å². The van der Waals surface area contributed by atoms with E-state index in [0.29, 0.717) is 23.4 Å². The summed E-state index contributed by atoms with van der Waals surface area (Å²) in [4.78, 5) is 11.9. The molecule has 5 nitrogen and oxygen atoms in total. The van der Waals surface area contributed by atoms with Gasteiger partial charge >= 0.3 is 0 Å². The van der Waals surface area contributed by atoms with Crippen LogP contribution >= 0.6 is 0 Å². The van der Waals surface area contributed by atoms with Gasteiger partial charge in [-0.3, -0.25) is 4.79 Å². The van der Waals surface area contributed by atoms with Crippen LogP contribution < -0.4 is 20.6 Å². The van der Waals surface area contributed by atoms with E-state index >= 15 is 0 Å². The number of nitrogens with zero attached hydrogens (tertiary/aromatic N) is 1. The van der Waals surface area contributed by atoms with Crippen molar-refractivity contribution in [2.24, 2.45) is 5.73 Å². The Morgan fingerprint density at radius 2 is 2.06 bits per heavy atom. The molecule has 1 aliphatic rings. The summed E-state index contributed by atoms with van der Waals surface area (Å²) in [5.41, 5.74) is 6.37. The van der Waals surface area contributed by atoms with Crippen molar-refractivity contribution in [1.29, 1.82) is 0 Å². The van der Waals surface area contributed by atoms with Gasteiger partial charge in [-0.25, -0.2) is 0 Å². The molecule has 0 saturated carbocycles. The third-order valence-electron chi connectivity index (χ3n) is 3.07. The molecule has 0 spiro atoms. The van der Waals surface area contributed by atoms with Crippen molar-refractivity contribution >= 4 is 10.9 Å². The smallest absolute Gasteiger partial charge is 0.231 e. The average Bonchev–Trinajstić information content (AvgIpc) is 2.83. The van der Waals surface area contributed by atoms with Gasteiger partial charge in [0, 0.05) is 30.3 Å². The summed E-state index contributed by atoms with van der Waals surface area (Å²) in [6.07, 6.45) is 2.66. The molecule has 0 unspecified atom stereocenters. The molecule has 0 fully saturated rings. The fourth-order valence-electron chi connectivity index (χ4n) is 2.15. The first-order valence-electron chi connectivity index (χ1n) is 5.92. The Hall–Kier alpha value is -2.01. The Morgan fingerprint density at radius 3 is 2.83 bits per heavy atom. The van der Waals surface area contributed by atoms with Crippen molar-refractivity contribution < 1.29 is 9.47 Å². The largest absolute Gasteiger partial charge is 0.454 e. The topological polar surface area (TPSA) is 66.5 Å². The lowest BCUT2D eigenvalue weighted by molar-refractivity contribution is 0.174. The second-order valence-corrected chi connectivity index (χ2v) is 4.24. The summed E-state index contributed by atoms with van der Waals surface area (Å²) < 4.78 is 12.7. The lowest BCUT2D eigenvalue weighted by Gasteiger charge is -2.10. The minimum Gasteiger partial charge on any atom is -0.454 e. The molecule has 2 N–H and O–H groups in total. The third kappa shape index (κ3) is 1.73. The molecule has 18 heavy (non-hydrogen) atoms. The standard InChI is InChI=1S/C13H14N2O3/c14-3-1-4-15-5-2-11(16)9-6-12-13(7-10(9)15)18-8-17-12/h2,5-7H,1,3-4,8,14H2. The maximum atomic E-state index is 11.9. The maximum Gasteiger partial charge on any atom is 0.231 e. The fraction of sp³-hybridized carbons (Fsp3) is 0.308. The zero-order valence-corrected chi connectivity index (χ0v) is 9.89. The Bertz CT molecular complexity index is 648. The molecule has 0 saturated heterocycles. The summed E-state index contributed by atoms with van der Waals surface area (Å²) in [7, 11) is 0. The van der Waals surface area contributed by atoms with Crippen LogP contribution in [0.1, 0.15) is 6.42 Å². The van der Waals surface area contributed by atoms with E-state index in [2.05, 4.69) is 0 Å². The molecule has 2 heterocycles. The molecule has 0 atom stereocenters. The minimum absolute atomic E-state index is 0.00713. The number of fused-ring (bicyclic) bond motifs is 2. The molecule has 5 heteroatoms. The lowest BCUT2D eigenvalue weighted by Crippen LogP contribution is -2.10. The van der Waals surface area contributed by atoms with Crippen LogP contribution in [-0.2, 0) is 6.54 Å². The lowest BCUT2D eigenvalue weighted by atomic mass is 10.2. The molecular weight excluding hydrogens is 232 g/mol. The third-order valence-corrected chi connectivity index (χ3v) is 3.07. The molecule has 0 amide bonds. The first kappa shape index (κ1) is 11.1. The van der Waals surface area contributed by atoms with Gasteiger partial charge in [-0.1, -0.05) is 0 Å². The van der Waals surface area contributed by atoms with Crippen LogP contribution in [0.25, 0.3) is 10.9 Å². The SMILES string of the molecule is NCCCn1ccc(=O)c2cc3c(cc21)OCO3. The molecule has 0 bridgehead atoms. The summed E-state index contributed by atoms with van der Waals surface area (Å²) >= 11 is 0. The Labute approximate surface area is 104 Å². The van der Waals surface area contributed by atoms with Gasteiger partial charge in [0.25, 0.3) is 0 Å². The molecule has 3 rings (SSSR count). The highest BCUT2D eigenvalue weighted by atomic mass is 16.7. The van der Waals surface area contributed by atoms with E-state index in [-0.39, 0.29) is 12.2 Å². The number of pyridine rings is 1. The maximum absolute atomic E-state index is 11.9. The number of ether oxygens (including phenoxy) is 2. The Morgan fingerprint density at radius 1 is 1.28 bits per heavy atom. The van der Waals surface area contributed by atoms with Crippen LogP contribution in [0, 0.1) is 0 Å². The fourth-order valence-corrected chi connectivity index (χ4v) is 2.15. The number of hydrogen-bond donors (Lipinski definition) is 1. The zero-order valence-electron chi connectivity index (χ0n) is 9.89. The second-order valence-electron chi connectivity index (χ2n) is 4.24. The molecular formula is C13H14N2O3. The van der Waals surface area contributed by atoms with Crippen LogP contribution in [0.5, 0.6) is 11.5 Å². The van der Waals surface area contributed by atoms with E-state index in [1.165, 1.54) is 0 Å². The van der Waals surface area contributed by atoms with E-state index in [4.69, 9.17) is 15.2 Å². The summed E-state index contributed by atoms with van der Waals surface area (Å²) in [6, 6.07) is 5.18. The van der Waals surface area contributed by atoms with Crippen molar-refractivity contribution in [2.45, 2.75) is 13.0 Å². The minimum atomic E-state index is -0.00713. The van der Waals surface area contributed by atoms with Crippen LogP contribution in [0.15, 0.2) is 29.2 Å². The Kier molecular flexibility index (Phi) is 2.68. The summed E-state index contributed by atoms with van der Waals surface area (Å²) in [5, 5.41) is 0.652. The van der Waals surface area contributed by atoms with Crippen molar-refractivity contribution in [3.05, 3.63) is 34.6 Å². The summed E-state index contributed by atoms with van der Waals surface area (Å²) in [6.45, 7) is 1.62. The first-order chi connectivity index (χ1) is 8.79. The highest BCUT2D eigenvalue weighted by molar-refractivity contribution is 5.83. The van der Waals surface area contributed by atoms with E-state index in [1.54, 1.807) is 18.3 Å². The van der Waals surface area contributed by atoms with Crippen LogP contribution in [0.3, 0.4) is 0 Å². The highest BCUT2D eigenvalue weighted by Crippen LogP contribution is 2.34. The first-order valence-corrected chi connectivity index (χ1v) is 5.92. The molecule has 0 aliphatic carbocycles. The van der Waals surface area contributed by atoms with Gasteiger partial charge in [0.2, 0.25) is 6.79 Å². The van der Waals surface area contributed by atoms with E-state index in [1.807, 2.05) is 10.6 Å². The quantitative estimate of drug-likeness (QED) is 0.880. The monoisotopic (exact) mass is 246 g/mol. The number of hydrogen-bond acceptors (Lipinski definition) is 4. The number of benzene rings is 1. The van der Waals surface area contributed by atoms with E-state index in [9.17, 15) is 4.79 Å². The van der Waals surface area contributed by atoms with Crippen molar-refractivity contribution in [1.82, 2.24) is 4.57 Å². The average molecular weight is 246 g/mol. The molecule has 1 aromatic carbocycles. The van der Waals surface area contributed by atoms with Gasteiger partial charge in [-0.05, 0) is 19.0 Å². The number of nitrogens with two attached hydrogens (primary N) is 1. The number of rotatable bonds is 3. The highest BCUT2D eigenvalue weighted by Gasteiger charge is 2.16. The van der Waals surface area contributed by atoms with Gasteiger partial charge in [0.05, 0.1) is 5.52 Å². The van der Waals surface area contributed by atoms with Crippen molar-refractivity contribution in [2.75, 3.05) is 13.3 Å². The number of aryl methyl sites for hydroxylation is 1. The van der Waals surface area contributed by atoms with Gasteiger partial charge in [0.15, 0.2) is 16.9 Å². The molecule has 1 aliphatic heterocycles. The number of aromatic nitrogens is 1. The predicted molar refractivity (Wildman–Crippen MR) is 68.0 cm³/mol. The van der Waals surface area contributed by atoms with Crippen molar-refractivity contribution in [3.63, 3.8) is 0 Å². The van der Waals surface area contributed by atoms with Crippen LogP contribution in [0.4, 0.5) is 0 Å². The molecule has 2 aromatic rings. The van der Waals surface area contributed by atoms with Gasteiger partial charge in [0.1, 0.15) is 0 Å². The molecule has 94 valence electrons. The molecule has 1 aromatic heterocycles. The van der Waals surface area contributed by atoms with Crippen LogP contribution in [0.2, 0.25) is 0 Å². The van der Waals surface area contributed by atoms with Gasteiger partial charge < -0.3 is 19.8 Å². The predicted octanol–water partition coefficient (Wildman–Crippen LogP) is 1.08. The second kappa shape index (κ2) is 4.34. The van der Waals surface area contributed by atoms with Gasteiger partial charge in [-0.15, -0.1) is 0 Å². The normalized spacial score (nSPS) is 13.2. The van der Waals surface area contributed by atoms with E-state index < -0.39 is 0 Å². The molecule has 0 radical (unpaired) electrons.